The van der Waals surface area contributed by atoms with Crippen LogP contribution in [0.1, 0.15) is 23.2 Å². The van der Waals surface area contributed by atoms with Crippen molar-refractivity contribution >= 4 is 17.8 Å². The number of hydrogen-bond donors (Lipinski definition) is 1. The molecule has 0 aromatic heterocycles. The summed E-state index contributed by atoms with van der Waals surface area (Å²) in [5, 5.41) is 9.08. The van der Waals surface area contributed by atoms with Crippen molar-refractivity contribution in [1.82, 2.24) is 9.80 Å². The van der Waals surface area contributed by atoms with E-state index < -0.39 is 12.0 Å². The summed E-state index contributed by atoms with van der Waals surface area (Å²) in [6.07, 6.45) is 1.15. The van der Waals surface area contributed by atoms with Crippen molar-refractivity contribution in [3.8, 4) is 0 Å². The Morgan fingerprint density at radius 1 is 1.29 bits per heavy atom. The van der Waals surface area contributed by atoms with E-state index in [1.807, 2.05) is 6.07 Å². The van der Waals surface area contributed by atoms with Crippen LogP contribution in [0, 0.1) is 0 Å². The first-order valence-electron chi connectivity index (χ1n) is 6.83. The number of likely N-dealkylation sites (tertiary alicyclic amines) is 1. The number of rotatable bonds is 4. The van der Waals surface area contributed by atoms with Crippen molar-refractivity contribution in [3.63, 3.8) is 0 Å². The smallest absolute Gasteiger partial charge is 0.326 e. The van der Waals surface area contributed by atoms with Crippen LogP contribution in [0.15, 0.2) is 30.3 Å². The summed E-state index contributed by atoms with van der Waals surface area (Å²) in [6, 6.07) is 7.91. The van der Waals surface area contributed by atoms with Gasteiger partial charge < -0.3 is 14.9 Å². The van der Waals surface area contributed by atoms with E-state index in [0.29, 0.717) is 24.9 Å². The van der Waals surface area contributed by atoms with Gasteiger partial charge in [0, 0.05) is 19.2 Å². The van der Waals surface area contributed by atoms with Crippen LogP contribution in [0.5, 0.6) is 0 Å². The third-order valence-electron chi connectivity index (χ3n) is 3.60. The van der Waals surface area contributed by atoms with Gasteiger partial charge in [-0.05, 0) is 25.0 Å². The molecular formula is C15H18N2O4. The van der Waals surface area contributed by atoms with Gasteiger partial charge in [0.25, 0.3) is 5.91 Å². The number of amides is 2. The highest BCUT2D eigenvalue weighted by Gasteiger charge is 2.34. The molecule has 0 aliphatic carbocycles. The Kier molecular flexibility index (Phi) is 4.57. The van der Waals surface area contributed by atoms with Crippen LogP contribution in [0.3, 0.4) is 0 Å². The second kappa shape index (κ2) is 6.39. The van der Waals surface area contributed by atoms with Crippen LogP contribution < -0.4 is 0 Å². The fraction of sp³-hybridized carbons (Fsp3) is 0.400. The molecule has 1 aliphatic heterocycles. The normalized spacial score (nSPS) is 17.6. The number of carbonyl (C=O) groups excluding carboxylic acids is 2. The van der Waals surface area contributed by atoms with Crippen LogP contribution in [0.2, 0.25) is 0 Å². The second-order valence-corrected chi connectivity index (χ2v) is 5.11. The first-order valence-corrected chi connectivity index (χ1v) is 6.83. The van der Waals surface area contributed by atoms with Crippen molar-refractivity contribution in [2.24, 2.45) is 0 Å². The molecule has 21 heavy (non-hydrogen) atoms. The van der Waals surface area contributed by atoms with Crippen LogP contribution in [-0.4, -0.2) is 58.9 Å². The van der Waals surface area contributed by atoms with Gasteiger partial charge in [0.1, 0.15) is 6.04 Å². The number of carbonyl (C=O) groups is 3. The van der Waals surface area contributed by atoms with E-state index in [9.17, 15) is 14.4 Å². The number of nitrogens with zero attached hydrogens (tertiary/aromatic N) is 2. The van der Waals surface area contributed by atoms with Crippen LogP contribution in [0.4, 0.5) is 0 Å². The molecule has 112 valence electrons. The summed E-state index contributed by atoms with van der Waals surface area (Å²) in [5.74, 6) is -1.57. The van der Waals surface area contributed by atoms with Crippen LogP contribution in [0.25, 0.3) is 0 Å². The van der Waals surface area contributed by atoms with Gasteiger partial charge in [0.2, 0.25) is 5.91 Å². The topological polar surface area (TPSA) is 77.9 Å². The third kappa shape index (κ3) is 3.39. The van der Waals surface area contributed by atoms with Gasteiger partial charge in [-0.1, -0.05) is 18.2 Å². The summed E-state index contributed by atoms with van der Waals surface area (Å²) in [7, 11) is 1.54. The molecule has 1 N–H and O–H groups in total. The number of aliphatic carboxylic acids is 1. The van der Waals surface area contributed by atoms with Crippen molar-refractivity contribution in [3.05, 3.63) is 35.9 Å². The molecule has 2 rings (SSSR count). The standard InChI is InChI=1S/C15H18N2O4/c1-16(14(19)11-6-3-2-4-7-11)10-13(18)17-9-5-8-12(17)15(20)21/h2-4,6-7,12H,5,8-10H2,1H3,(H,20,21)/t12-/m1/s1. The predicted molar refractivity (Wildman–Crippen MR) is 75.8 cm³/mol. The maximum Gasteiger partial charge on any atom is 0.326 e. The van der Waals surface area contributed by atoms with Gasteiger partial charge in [-0.25, -0.2) is 4.79 Å². The van der Waals surface area contributed by atoms with Gasteiger partial charge in [-0.3, -0.25) is 9.59 Å². The van der Waals surface area contributed by atoms with E-state index in [-0.39, 0.29) is 18.4 Å². The molecule has 1 heterocycles. The summed E-state index contributed by atoms with van der Waals surface area (Å²) >= 11 is 0. The number of benzene rings is 1. The molecule has 6 heteroatoms. The molecule has 0 unspecified atom stereocenters. The Morgan fingerprint density at radius 2 is 1.95 bits per heavy atom. The summed E-state index contributed by atoms with van der Waals surface area (Å²) < 4.78 is 0. The average molecular weight is 290 g/mol. The zero-order valence-electron chi connectivity index (χ0n) is 11.9. The van der Waals surface area contributed by atoms with Gasteiger partial charge in [-0.15, -0.1) is 0 Å². The Balaban J connectivity index is 1.99. The van der Waals surface area contributed by atoms with Crippen molar-refractivity contribution in [2.75, 3.05) is 20.1 Å². The number of carboxylic acids is 1. The molecule has 0 spiro atoms. The number of hydrogen-bond acceptors (Lipinski definition) is 3. The Hall–Kier alpha value is -2.37. The monoisotopic (exact) mass is 290 g/mol. The largest absolute Gasteiger partial charge is 0.480 e. The SMILES string of the molecule is CN(CC(=O)N1CCC[C@@H]1C(=O)O)C(=O)c1ccccc1. The lowest BCUT2D eigenvalue weighted by atomic mass is 10.2. The average Bonchev–Trinajstić information content (AvgIpc) is 2.97. The zero-order chi connectivity index (χ0) is 15.4. The number of carboxylic acid groups (broad SMARTS) is 1. The first-order chi connectivity index (χ1) is 10.0. The van der Waals surface area contributed by atoms with E-state index in [1.54, 1.807) is 31.3 Å². The van der Waals surface area contributed by atoms with E-state index in [1.165, 1.54) is 9.80 Å². The van der Waals surface area contributed by atoms with Crippen LogP contribution in [-0.2, 0) is 9.59 Å². The molecule has 0 bridgehead atoms. The zero-order valence-corrected chi connectivity index (χ0v) is 11.9. The molecule has 1 atom stereocenters. The molecule has 0 radical (unpaired) electrons. The highest BCUT2D eigenvalue weighted by Crippen LogP contribution is 2.17. The Labute approximate surface area is 123 Å². The lowest BCUT2D eigenvalue weighted by Gasteiger charge is -2.24. The minimum atomic E-state index is -0.988. The molecular weight excluding hydrogens is 272 g/mol. The lowest BCUT2D eigenvalue weighted by molar-refractivity contribution is -0.148. The fourth-order valence-electron chi connectivity index (χ4n) is 2.49. The minimum absolute atomic E-state index is 0.114. The molecule has 1 aromatic carbocycles. The van der Waals surface area contributed by atoms with Gasteiger partial charge in [0.15, 0.2) is 0 Å². The summed E-state index contributed by atoms with van der Waals surface area (Å²) in [4.78, 5) is 38.1. The fourth-order valence-corrected chi connectivity index (χ4v) is 2.49. The van der Waals surface area contributed by atoms with Gasteiger partial charge in [-0.2, -0.15) is 0 Å². The van der Waals surface area contributed by atoms with E-state index in [0.717, 1.165) is 0 Å². The van der Waals surface area contributed by atoms with E-state index in [4.69, 9.17) is 5.11 Å². The molecule has 1 aromatic rings. The lowest BCUT2D eigenvalue weighted by Crippen LogP contribution is -2.45. The highest BCUT2D eigenvalue weighted by atomic mass is 16.4. The quantitative estimate of drug-likeness (QED) is 0.891. The molecule has 1 aliphatic rings. The number of likely N-dealkylation sites (N-methyl/N-ethyl adjacent to an activating group) is 1. The first kappa shape index (κ1) is 15.0. The summed E-state index contributed by atoms with van der Waals surface area (Å²) in [6.45, 7) is 0.320. The molecule has 2 amide bonds. The van der Waals surface area contributed by atoms with Gasteiger partial charge >= 0.3 is 5.97 Å². The molecule has 1 fully saturated rings. The van der Waals surface area contributed by atoms with Gasteiger partial charge in [0.05, 0.1) is 6.54 Å². The molecule has 0 saturated carbocycles. The minimum Gasteiger partial charge on any atom is -0.480 e. The van der Waals surface area contributed by atoms with Crippen LogP contribution >= 0.6 is 0 Å². The maximum atomic E-state index is 12.2. The van der Waals surface area contributed by atoms with E-state index in [2.05, 4.69) is 0 Å². The highest BCUT2D eigenvalue weighted by molar-refractivity contribution is 5.96. The third-order valence-corrected chi connectivity index (χ3v) is 3.60. The maximum absolute atomic E-state index is 12.2. The summed E-state index contributed by atoms with van der Waals surface area (Å²) in [5.41, 5.74) is 0.504. The molecule has 6 nitrogen and oxygen atoms in total. The van der Waals surface area contributed by atoms with E-state index >= 15 is 0 Å². The van der Waals surface area contributed by atoms with Crippen molar-refractivity contribution in [2.45, 2.75) is 18.9 Å². The predicted octanol–water partition coefficient (Wildman–Crippen LogP) is 0.834. The Morgan fingerprint density at radius 3 is 2.57 bits per heavy atom. The second-order valence-electron chi connectivity index (χ2n) is 5.11. The van der Waals surface area contributed by atoms with Crippen molar-refractivity contribution in [1.29, 1.82) is 0 Å². The Bertz CT molecular complexity index is 544. The molecule has 1 saturated heterocycles. The van der Waals surface area contributed by atoms with Crippen molar-refractivity contribution < 1.29 is 19.5 Å².